The molecule has 0 aromatic heterocycles. The number of benzene rings is 1. The van der Waals surface area contributed by atoms with Crippen molar-refractivity contribution in [2.24, 2.45) is 23.7 Å². The van der Waals surface area contributed by atoms with E-state index in [1.807, 2.05) is 0 Å². The van der Waals surface area contributed by atoms with Gasteiger partial charge in [0.05, 0.1) is 24.9 Å². The van der Waals surface area contributed by atoms with Gasteiger partial charge in [-0.25, -0.2) is 9.59 Å². The average Bonchev–Trinajstić information content (AvgIpc) is 2.99. The Morgan fingerprint density at radius 3 is 2.00 bits per heavy atom. The fourth-order valence-corrected chi connectivity index (χ4v) is 6.68. The Balaban J connectivity index is 1.46. The van der Waals surface area contributed by atoms with Gasteiger partial charge in [0, 0.05) is 11.5 Å². The summed E-state index contributed by atoms with van der Waals surface area (Å²) in [6.07, 6.45) is 15.9. The van der Waals surface area contributed by atoms with E-state index in [9.17, 15) is 14.7 Å². The number of carbonyl (C=O) groups is 2. The van der Waals surface area contributed by atoms with Gasteiger partial charge in [-0.1, -0.05) is 76.5 Å². The molecule has 0 saturated heterocycles. The van der Waals surface area contributed by atoms with Crippen LogP contribution in [0.2, 0.25) is 0 Å². The molecule has 2 unspecified atom stereocenters. The maximum atomic E-state index is 12.2. The van der Waals surface area contributed by atoms with Crippen molar-refractivity contribution in [3.05, 3.63) is 59.7 Å². The molecular weight excluding hydrogens is 512 g/mol. The van der Waals surface area contributed by atoms with Crippen LogP contribution in [-0.2, 0) is 25.5 Å². The minimum Gasteiger partial charge on any atom is -0.462 e. The van der Waals surface area contributed by atoms with Crippen LogP contribution < -0.4 is 0 Å². The summed E-state index contributed by atoms with van der Waals surface area (Å²) in [5.41, 5.74) is 3.02. The molecule has 0 spiro atoms. The molecule has 0 bridgehead atoms. The Morgan fingerprint density at radius 2 is 1.46 bits per heavy atom. The standard InChI is InChI=1S/C36H54O5/c1-6-7-8-28-11-15-31(16-12-28)33-19-21-34(22-20-33)32-17-13-29(14-18-32)9-10-30(23-40-35(38)25(2)3)24-41-36(39)26(4)27(5)37/h13-14,17-18,27-28,30-31,33-34,37H,2,4,6-12,15-16,19-24H2,1,3,5H3. The maximum Gasteiger partial charge on any atom is 0.336 e. The first-order valence-corrected chi connectivity index (χ1v) is 16.1. The molecule has 5 nitrogen and oxygen atoms in total. The largest absolute Gasteiger partial charge is 0.462 e. The highest BCUT2D eigenvalue weighted by Gasteiger charge is 2.31. The average molecular weight is 567 g/mol. The van der Waals surface area contributed by atoms with Crippen LogP contribution in [0.5, 0.6) is 0 Å². The van der Waals surface area contributed by atoms with E-state index >= 15 is 0 Å². The number of carbonyl (C=O) groups excluding carboxylic acids is 2. The third-order valence-electron chi connectivity index (χ3n) is 9.60. The smallest absolute Gasteiger partial charge is 0.336 e. The van der Waals surface area contributed by atoms with Crippen LogP contribution in [0, 0.1) is 23.7 Å². The van der Waals surface area contributed by atoms with Crippen molar-refractivity contribution < 1.29 is 24.2 Å². The summed E-state index contributed by atoms with van der Waals surface area (Å²) in [5, 5.41) is 9.59. The molecule has 1 aromatic rings. The number of rotatable bonds is 15. The lowest BCUT2D eigenvalue weighted by Gasteiger charge is -2.38. The lowest BCUT2D eigenvalue weighted by atomic mass is 9.68. The zero-order valence-corrected chi connectivity index (χ0v) is 25.9. The van der Waals surface area contributed by atoms with Gasteiger partial charge in [0.2, 0.25) is 0 Å². The van der Waals surface area contributed by atoms with Crippen LogP contribution in [0.4, 0.5) is 0 Å². The molecule has 0 aliphatic heterocycles. The monoisotopic (exact) mass is 566 g/mol. The van der Waals surface area contributed by atoms with Gasteiger partial charge in [0.1, 0.15) is 0 Å². The second-order valence-corrected chi connectivity index (χ2v) is 12.9. The first kappa shape index (κ1) is 33.1. The molecule has 0 radical (unpaired) electrons. The quantitative estimate of drug-likeness (QED) is 0.171. The predicted molar refractivity (Wildman–Crippen MR) is 165 cm³/mol. The Morgan fingerprint density at radius 1 is 0.902 bits per heavy atom. The molecule has 0 amide bonds. The predicted octanol–water partition coefficient (Wildman–Crippen LogP) is 8.11. The van der Waals surface area contributed by atoms with E-state index in [1.54, 1.807) is 6.92 Å². The number of aliphatic hydroxyl groups is 1. The van der Waals surface area contributed by atoms with Gasteiger partial charge in [-0.3, -0.25) is 0 Å². The topological polar surface area (TPSA) is 72.8 Å². The highest BCUT2D eigenvalue weighted by molar-refractivity contribution is 5.88. The lowest BCUT2D eigenvalue weighted by molar-refractivity contribution is -0.144. The van der Waals surface area contributed by atoms with E-state index in [4.69, 9.17) is 9.47 Å². The molecule has 228 valence electrons. The normalized spacial score (nSPS) is 24.2. The number of aliphatic hydroxyl groups excluding tert-OH is 1. The summed E-state index contributed by atoms with van der Waals surface area (Å²) in [4.78, 5) is 24.1. The van der Waals surface area contributed by atoms with Crippen molar-refractivity contribution in [3.8, 4) is 0 Å². The molecular formula is C36H54O5. The Labute approximate surface area is 248 Å². The Hall–Kier alpha value is -2.40. The summed E-state index contributed by atoms with van der Waals surface area (Å²) in [6, 6.07) is 9.03. The van der Waals surface area contributed by atoms with Crippen LogP contribution in [0.3, 0.4) is 0 Å². The van der Waals surface area contributed by atoms with E-state index < -0.39 is 18.0 Å². The van der Waals surface area contributed by atoms with Gasteiger partial charge in [-0.2, -0.15) is 0 Å². The second kappa shape index (κ2) is 16.9. The SMILES string of the molecule is C=C(C)C(=O)OCC(CCc1ccc(C2CCC(C3CCC(CCCC)CC3)CC2)cc1)COC(=O)C(=C)C(C)O. The van der Waals surface area contributed by atoms with Gasteiger partial charge < -0.3 is 14.6 Å². The first-order chi connectivity index (χ1) is 19.7. The van der Waals surface area contributed by atoms with E-state index in [1.165, 1.54) is 88.7 Å². The van der Waals surface area contributed by atoms with Gasteiger partial charge in [-0.15, -0.1) is 0 Å². The Bertz CT molecular complexity index is 978. The van der Waals surface area contributed by atoms with Crippen molar-refractivity contribution in [2.75, 3.05) is 13.2 Å². The number of ether oxygens (including phenoxy) is 2. The number of aryl methyl sites for hydroxylation is 1. The molecule has 2 aliphatic carbocycles. The summed E-state index contributed by atoms with van der Waals surface area (Å²) < 4.78 is 10.7. The summed E-state index contributed by atoms with van der Waals surface area (Å²) in [7, 11) is 0. The van der Waals surface area contributed by atoms with Crippen LogP contribution in [0.15, 0.2) is 48.6 Å². The van der Waals surface area contributed by atoms with Crippen LogP contribution in [0.25, 0.3) is 0 Å². The number of hydrogen-bond donors (Lipinski definition) is 1. The Kier molecular flexibility index (Phi) is 13.6. The molecule has 3 rings (SSSR count). The van der Waals surface area contributed by atoms with Gasteiger partial charge in [0.25, 0.3) is 0 Å². The third kappa shape index (κ3) is 10.7. The molecule has 2 saturated carbocycles. The molecule has 41 heavy (non-hydrogen) atoms. The van der Waals surface area contributed by atoms with E-state index in [0.29, 0.717) is 17.9 Å². The fourth-order valence-electron chi connectivity index (χ4n) is 6.68. The summed E-state index contributed by atoms with van der Waals surface area (Å²) in [6.45, 7) is 12.8. The number of unbranched alkanes of at least 4 members (excludes halogenated alkanes) is 1. The van der Waals surface area contributed by atoms with Crippen molar-refractivity contribution in [2.45, 2.75) is 116 Å². The minimum atomic E-state index is -0.967. The van der Waals surface area contributed by atoms with Crippen molar-refractivity contribution in [1.29, 1.82) is 0 Å². The highest BCUT2D eigenvalue weighted by Crippen LogP contribution is 2.44. The van der Waals surface area contributed by atoms with Gasteiger partial charge in [-0.05, 0) is 100 Å². The first-order valence-electron chi connectivity index (χ1n) is 16.1. The highest BCUT2D eigenvalue weighted by atomic mass is 16.5. The number of hydrogen-bond acceptors (Lipinski definition) is 5. The molecule has 2 fully saturated rings. The summed E-state index contributed by atoms with van der Waals surface area (Å²) in [5.74, 6) is 2.30. The molecule has 1 N–H and O–H groups in total. The van der Waals surface area contributed by atoms with E-state index in [-0.39, 0.29) is 24.7 Å². The minimum absolute atomic E-state index is 0.0158. The van der Waals surface area contributed by atoms with Gasteiger partial charge >= 0.3 is 11.9 Å². The zero-order valence-electron chi connectivity index (χ0n) is 25.9. The van der Waals surface area contributed by atoms with Gasteiger partial charge in [0.15, 0.2) is 0 Å². The molecule has 5 heteroatoms. The number of esters is 2. The molecule has 1 aromatic carbocycles. The van der Waals surface area contributed by atoms with Crippen LogP contribution in [0.1, 0.15) is 115 Å². The van der Waals surface area contributed by atoms with Crippen molar-refractivity contribution in [1.82, 2.24) is 0 Å². The fraction of sp³-hybridized carbons (Fsp3) is 0.667. The molecule has 2 atom stereocenters. The zero-order chi connectivity index (χ0) is 29.8. The molecule has 2 aliphatic rings. The third-order valence-corrected chi connectivity index (χ3v) is 9.60. The van der Waals surface area contributed by atoms with Crippen molar-refractivity contribution in [3.63, 3.8) is 0 Å². The van der Waals surface area contributed by atoms with E-state index in [0.717, 1.165) is 24.2 Å². The lowest BCUT2D eigenvalue weighted by Crippen LogP contribution is -2.25. The second-order valence-electron chi connectivity index (χ2n) is 12.9. The van der Waals surface area contributed by atoms with E-state index in [2.05, 4.69) is 44.3 Å². The van der Waals surface area contributed by atoms with Crippen LogP contribution >= 0.6 is 0 Å². The summed E-state index contributed by atoms with van der Waals surface area (Å²) >= 11 is 0. The maximum absolute atomic E-state index is 12.2. The van der Waals surface area contributed by atoms with Crippen molar-refractivity contribution >= 4 is 11.9 Å². The molecule has 0 heterocycles. The van der Waals surface area contributed by atoms with Crippen LogP contribution in [-0.4, -0.2) is 36.4 Å².